The lowest BCUT2D eigenvalue weighted by atomic mass is 9.95. The van der Waals surface area contributed by atoms with Crippen molar-refractivity contribution < 1.29 is 54.8 Å². The van der Waals surface area contributed by atoms with Crippen LogP contribution in [0.2, 0.25) is 0 Å². The fraction of sp³-hybridized carbons (Fsp3) is 0.929. The molecule has 2 rings (SSSR count). The third-order valence-corrected chi connectivity index (χ3v) is 4.38. The molecule has 2 fully saturated rings. The number of aliphatic hydroxyl groups is 7. The summed E-state index contributed by atoms with van der Waals surface area (Å²) >= 11 is 0. The average Bonchev–Trinajstić information content (AvgIpc) is 2.60. The van der Waals surface area contributed by atoms with Crippen LogP contribution in [0.4, 0.5) is 0 Å². The minimum Gasteiger partial charge on any atom is -0.394 e. The van der Waals surface area contributed by atoms with Crippen LogP contribution >= 0.6 is 0 Å². The molecule has 2 heterocycles. The van der Waals surface area contributed by atoms with E-state index >= 15 is 0 Å². The van der Waals surface area contributed by atoms with Gasteiger partial charge in [0.15, 0.2) is 12.6 Å². The van der Waals surface area contributed by atoms with Crippen molar-refractivity contribution in [1.82, 2.24) is 5.32 Å². The zero-order valence-corrected chi connectivity index (χ0v) is 14.0. The number of nitrogens with one attached hydrogen (secondary N) is 1. The van der Waals surface area contributed by atoms with Crippen LogP contribution < -0.4 is 5.32 Å². The fourth-order valence-corrected chi connectivity index (χ4v) is 2.98. The molecule has 0 unspecified atom stereocenters. The lowest BCUT2D eigenvalue weighted by Gasteiger charge is -2.46. The van der Waals surface area contributed by atoms with Crippen molar-refractivity contribution in [2.75, 3.05) is 13.2 Å². The highest BCUT2D eigenvalue weighted by atomic mass is 16.7. The molecule has 12 heteroatoms. The maximum atomic E-state index is 11.4. The first-order chi connectivity index (χ1) is 12.2. The van der Waals surface area contributed by atoms with Crippen LogP contribution in [0.5, 0.6) is 0 Å². The summed E-state index contributed by atoms with van der Waals surface area (Å²) in [6, 6.07) is -1.28. The van der Waals surface area contributed by atoms with Gasteiger partial charge in [0.2, 0.25) is 5.91 Å². The van der Waals surface area contributed by atoms with Gasteiger partial charge in [-0.3, -0.25) is 4.79 Å². The molecule has 10 atom stereocenters. The highest BCUT2D eigenvalue weighted by Gasteiger charge is 2.50. The molecule has 0 saturated carbocycles. The first kappa shape index (κ1) is 21.4. The molecule has 2 saturated heterocycles. The summed E-state index contributed by atoms with van der Waals surface area (Å²) in [5, 5.41) is 70.5. The molecule has 0 radical (unpaired) electrons. The van der Waals surface area contributed by atoms with E-state index in [0.29, 0.717) is 0 Å². The second-order valence-corrected chi connectivity index (χ2v) is 6.26. The Kier molecular flexibility index (Phi) is 7.27. The first-order valence-corrected chi connectivity index (χ1v) is 8.06. The zero-order valence-electron chi connectivity index (χ0n) is 14.0. The molecule has 2 aliphatic heterocycles. The summed E-state index contributed by atoms with van der Waals surface area (Å²) in [6.45, 7) is -0.194. The predicted molar refractivity (Wildman–Crippen MR) is 80.2 cm³/mol. The molecule has 0 aromatic heterocycles. The highest BCUT2D eigenvalue weighted by Crippen LogP contribution is 2.28. The number of hydrogen-bond acceptors (Lipinski definition) is 11. The third-order valence-electron chi connectivity index (χ3n) is 4.38. The van der Waals surface area contributed by atoms with Crippen molar-refractivity contribution in [3.05, 3.63) is 0 Å². The van der Waals surface area contributed by atoms with E-state index in [1.165, 1.54) is 0 Å². The van der Waals surface area contributed by atoms with E-state index in [2.05, 4.69) is 5.32 Å². The smallest absolute Gasteiger partial charge is 0.217 e. The van der Waals surface area contributed by atoms with Crippen LogP contribution in [0.25, 0.3) is 0 Å². The van der Waals surface area contributed by atoms with Gasteiger partial charge in [0.05, 0.1) is 13.2 Å². The van der Waals surface area contributed by atoms with E-state index in [4.69, 9.17) is 14.2 Å². The standard InChI is InChI=1S/C14H25NO11/c1-4(18)15-7-9(20)8(19)5(2-16)25-14(7)26-12-6(3-17)24-13(23)11(22)10(12)21/h5-14,16-17,19-23H,2-3H2,1H3,(H,15,18)/t5-,6-,7-,8+,9-,10-,11-,12+,13-,14+/m1/s1. The normalized spacial score (nSPS) is 46.8. The quantitative estimate of drug-likeness (QED) is 0.226. The lowest BCUT2D eigenvalue weighted by Crippen LogP contribution is -2.67. The molecule has 0 aliphatic carbocycles. The summed E-state index contributed by atoms with van der Waals surface area (Å²) in [7, 11) is 0. The molecular formula is C14H25NO11. The van der Waals surface area contributed by atoms with Crippen LogP contribution in [0.15, 0.2) is 0 Å². The van der Waals surface area contributed by atoms with E-state index in [1.807, 2.05) is 0 Å². The van der Waals surface area contributed by atoms with Gasteiger partial charge in [0.1, 0.15) is 48.8 Å². The molecule has 1 amide bonds. The monoisotopic (exact) mass is 383 g/mol. The molecule has 0 aromatic rings. The summed E-state index contributed by atoms with van der Waals surface area (Å²) in [5.74, 6) is -0.574. The van der Waals surface area contributed by atoms with E-state index < -0.39 is 80.5 Å². The highest BCUT2D eigenvalue weighted by molar-refractivity contribution is 5.73. The maximum absolute atomic E-state index is 11.4. The van der Waals surface area contributed by atoms with E-state index in [9.17, 15) is 40.5 Å². The van der Waals surface area contributed by atoms with E-state index in [1.54, 1.807) is 0 Å². The van der Waals surface area contributed by atoms with Gasteiger partial charge in [0.25, 0.3) is 0 Å². The van der Waals surface area contributed by atoms with Gasteiger partial charge in [0, 0.05) is 6.92 Å². The lowest BCUT2D eigenvalue weighted by molar-refractivity contribution is -0.341. The van der Waals surface area contributed by atoms with Crippen molar-refractivity contribution >= 4 is 5.91 Å². The Balaban J connectivity index is 2.22. The van der Waals surface area contributed by atoms with Gasteiger partial charge in [-0.15, -0.1) is 0 Å². The van der Waals surface area contributed by atoms with Gasteiger partial charge < -0.3 is 55.3 Å². The predicted octanol–water partition coefficient (Wildman–Crippen LogP) is -5.25. The second kappa shape index (κ2) is 8.84. The summed E-state index contributed by atoms with van der Waals surface area (Å²) in [6.07, 6.45) is -13.6. The molecule has 26 heavy (non-hydrogen) atoms. The molecule has 12 nitrogen and oxygen atoms in total. The second-order valence-electron chi connectivity index (χ2n) is 6.26. The van der Waals surface area contributed by atoms with Crippen molar-refractivity contribution in [3.8, 4) is 0 Å². The van der Waals surface area contributed by atoms with E-state index in [-0.39, 0.29) is 0 Å². The topological polar surface area (TPSA) is 198 Å². The number of ether oxygens (including phenoxy) is 3. The average molecular weight is 383 g/mol. The molecule has 0 aromatic carbocycles. The Bertz CT molecular complexity index is 478. The molecule has 0 bridgehead atoms. The van der Waals surface area contributed by atoms with Gasteiger partial charge >= 0.3 is 0 Å². The minimum absolute atomic E-state index is 0.574. The van der Waals surface area contributed by atoms with Crippen molar-refractivity contribution in [2.24, 2.45) is 0 Å². The summed E-state index contributed by atoms with van der Waals surface area (Å²) in [5.41, 5.74) is 0. The zero-order chi connectivity index (χ0) is 19.6. The Morgan fingerprint density at radius 2 is 1.54 bits per heavy atom. The van der Waals surface area contributed by atoms with Crippen LogP contribution in [-0.4, -0.2) is 116 Å². The number of amides is 1. The molecule has 2 aliphatic rings. The fourth-order valence-electron chi connectivity index (χ4n) is 2.98. The number of hydrogen-bond donors (Lipinski definition) is 8. The van der Waals surface area contributed by atoms with Gasteiger partial charge in [-0.25, -0.2) is 0 Å². The van der Waals surface area contributed by atoms with Crippen molar-refractivity contribution in [2.45, 2.75) is 68.3 Å². The molecular weight excluding hydrogens is 358 g/mol. The Hall–Kier alpha value is -0.930. The third kappa shape index (κ3) is 4.31. The van der Waals surface area contributed by atoms with Crippen LogP contribution in [0, 0.1) is 0 Å². The van der Waals surface area contributed by atoms with Crippen LogP contribution in [0.1, 0.15) is 6.92 Å². The summed E-state index contributed by atoms with van der Waals surface area (Å²) in [4.78, 5) is 11.4. The molecule has 152 valence electrons. The minimum atomic E-state index is -1.75. The van der Waals surface area contributed by atoms with Crippen LogP contribution in [0.3, 0.4) is 0 Å². The Labute approximate surface area is 148 Å². The maximum Gasteiger partial charge on any atom is 0.217 e. The first-order valence-electron chi connectivity index (χ1n) is 8.06. The van der Waals surface area contributed by atoms with Gasteiger partial charge in [-0.1, -0.05) is 0 Å². The number of aliphatic hydroxyl groups excluding tert-OH is 7. The van der Waals surface area contributed by atoms with Crippen molar-refractivity contribution in [1.29, 1.82) is 0 Å². The van der Waals surface area contributed by atoms with Gasteiger partial charge in [-0.2, -0.15) is 0 Å². The number of carbonyl (C=O) groups is 1. The number of carbonyl (C=O) groups excluding carboxylic acids is 1. The Morgan fingerprint density at radius 3 is 2.08 bits per heavy atom. The molecule has 0 spiro atoms. The largest absolute Gasteiger partial charge is 0.394 e. The Morgan fingerprint density at radius 1 is 0.923 bits per heavy atom. The van der Waals surface area contributed by atoms with Crippen LogP contribution in [-0.2, 0) is 19.0 Å². The van der Waals surface area contributed by atoms with Gasteiger partial charge in [-0.05, 0) is 0 Å². The van der Waals surface area contributed by atoms with E-state index in [0.717, 1.165) is 6.92 Å². The number of rotatable bonds is 5. The van der Waals surface area contributed by atoms with Crippen molar-refractivity contribution in [3.63, 3.8) is 0 Å². The SMILES string of the molecule is CC(=O)N[C@H]1[C@H](O[C@@H]2[C@H](O)[C@@H](O)[C@H](O)O[C@@H]2CO)O[C@H](CO)[C@H](O)[C@@H]1O. The summed E-state index contributed by atoms with van der Waals surface area (Å²) < 4.78 is 15.8. The molecule has 8 N–H and O–H groups in total.